The molecule has 1 unspecified atom stereocenters. The Kier molecular flexibility index (Phi) is 5.96. The predicted octanol–water partition coefficient (Wildman–Crippen LogP) is 2.49. The van der Waals surface area contributed by atoms with Gasteiger partial charge in [0.15, 0.2) is 0 Å². The van der Waals surface area contributed by atoms with Crippen LogP contribution in [-0.2, 0) is 4.79 Å². The van der Waals surface area contributed by atoms with Gasteiger partial charge in [0.1, 0.15) is 11.9 Å². The molecule has 0 bridgehead atoms. The first kappa shape index (κ1) is 17.7. The molecular weight excluding hydrogens is 323 g/mol. The van der Waals surface area contributed by atoms with Gasteiger partial charge in [0.05, 0.1) is 5.56 Å². The molecule has 126 valence electrons. The zero-order valence-corrected chi connectivity index (χ0v) is 13.7. The molecule has 1 fully saturated rings. The largest absolute Gasteiger partial charge is 0.480 e. The molecule has 5 nitrogen and oxygen atoms in total. The highest BCUT2D eigenvalue weighted by Gasteiger charge is 2.28. The van der Waals surface area contributed by atoms with Crippen molar-refractivity contribution < 1.29 is 19.1 Å². The van der Waals surface area contributed by atoms with E-state index in [1.54, 1.807) is 4.90 Å². The summed E-state index contributed by atoms with van der Waals surface area (Å²) in [6, 6.07) is 3.36. The lowest BCUT2D eigenvalue weighted by atomic mass is 10.2. The summed E-state index contributed by atoms with van der Waals surface area (Å²) in [4.78, 5) is 27.2. The fourth-order valence-electron chi connectivity index (χ4n) is 2.87. The van der Waals surface area contributed by atoms with Crippen LogP contribution in [0.2, 0.25) is 5.02 Å². The lowest BCUT2D eigenvalue weighted by Crippen LogP contribution is -2.43. The minimum atomic E-state index is -0.854. The van der Waals surface area contributed by atoms with Crippen LogP contribution in [0.5, 0.6) is 0 Å². The first-order valence-electron chi connectivity index (χ1n) is 7.65. The van der Waals surface area contributed by atoms with Gasteiger partial charge in [-0.25, -0.2) is 4.39 Å². The average Bonchev–Trinajstić information content (AvgIpc) is 2.75. The van der Waals surface area contributed by atoms with E-state index in [9.17, 15) is 19.1 Å². The van der Waals surface area contributed by atoms with Gasteiger partial charge in [-0.15, -0.1) is 0 Å². The fourth-order valence-corrected chi connectivity index (χ4v) is 3.05. The molecule has 2 rings (SSSR count). The van der Waals surface area contributed by atoms with Crippen LogP contribution >= 0.6 is 11.6 Å². The van der Waals surface area contributed by atoms with E-state index in [0.29, 0.717) is 44.0 Å². The number of carboxylic acids is 1. The summed E-state index contributed by atoms with van der Waals surface area (Å²) < 4.78 is 13.8. The molecule has 1 amide bonds. The Morgan fingerprint density at radius 2 is 2.04 bits per heavy atom. The topological polar surface area (TPSA) is 60.9 Å². The average molecular weight is 343 g/mol. The van der Waals surface area contributed by atoms with Crippen molar-refractivity contribution in [1.29, 1.82) is 0 Å². The lowest BCUT2D eigenvalue weighted by molar-refractivity contribution is -0.143. The van der Waals surface area contributed by atoms with E-state index in [2.05, 4.69) is 0 Å². The smallest absolute Gasteiger partial charge is 0.320 e. The molecule has 0 aromatic heterocycles. The normalized spacial score (nSPS) is 17.6. The van der Waals surface area contributed by atoms with Crippen LogP contribution in [0.25, 0.3) is 0 Å². The number of benzene rings is 1. The highest BCUT2D eigenvalue weighted by molar-refractivity contribution is 6.31. The minimum absolute atomic E-state index is 0.0452. The Hall–Kier alpha value is -1.66. The van der Waals surface area contributed by atoms with E-state index in [0.717, 1.165) is 0 Å². The molecule has 23 heavy (non-hydrogen) atoms. The van der Waals surface area contributed by atoms with Gasteiger partial charge in [0.2, 0.25) is 0 Å². The number of hydrogen-bond donors (Lipinski definition) is 1. The van der Waals surface area contributed by atoms with Gasteiger partial charge in [-0.1, -0.05) is 18.5 Å². The first-order valence-corrected chi connectivity index (χ1v) is 8.03. The van der Waals surface area contributed by atoms with Crippen LogP contribution < -0.4 is 0 Å². The monoisotopic (exact) mass is 342 g/mol. The summed E-state index contributed by atoms with van der Waals surface area (Å²) >= 11 is 5.84. The summed E-state index contributed by atoms with van der Waals surface area (Å²) in [7, 11) is 0. The molecule has 0 saturated carbocycles. The van der Waals surface area contributed by atoms with E-state index < -0.39 is 23.7 Å². The molecule has 1 aromatic carbocycles. The van der Waals surface area contributed by atoms with Gasteiger partial charge in [-0.2, -0.15) is 0 Å². The lowest BCUT2D eigenvalue weighted by Gasteiger charge is -2.26. The molecule has 0 spiro atoms. The molecule has 1 aliphatic rings. The van der Waals surface area contributed by atoms with Crippen LogP contribution in [0.3, 0.4) is 0 Å². The van der Waals surface area contributed by atoms with Crippen molar-refractivity contribution in [2.75, 3.05) is 26.2 Å². The standard InChI is InChI=1S/C16H20ClFN2O3/c1-2-14(16(22)23)19-6-3-7-20(9-8-19)15(21)12-10-11(17)4-5-13(12)18/h4-5,10,14H,2-3,6-9H2,1H3,(H,22,23). The number of rotatable bonds is 4. The molecule has 1 aromatic rings. The molecular formula is C16H20ClFN2O3. The molecule has 1 heterocycles. The third-order valence-electron chi connectivity index (χ3n) is 4.09. The third kappa shape index (κ3) is 4.20. The van der Waals surface area contributed by atoms with Crippen molar-refractivity contribution >= 4 is 23.5 Å². The molecule has 0 radical (unpaired) electrons. The Labute approximate surface area is 139 Å². The minimum Gasteiger partial charge on any atom is -0.480 e. The van der Waals surface area contributed by atoms with Crippen LogP contribution in [-0.4, -0.2) is 59.0 Å². The van der Waals surface area contributed by atoms with Crippen LogP contribution in [0.1, 0.15) is 30.1 Å². The highest BCUT2D eigenvalue weighted by atomic mass is 35.5. The Morgan fingerprint density at radius 1 is 1.30 bits per heavy atom. The van der Waals surface area contributed by atoms with E-state index in [1.165, 1.54) is 18.2 Å². The van der Waals surface area contributed by atoms with Crippen molar-refractivity contribution in [3.63, 3.8) is 0 Å². The number of amides is 1. The van der Waals surface area contributed by atoms with E-state index in [4.69, 9.17) is 11.6 Å². The van der Waals surface area contributed by atoms with Gasteiger partial charge in [0, 0.05) is 31.2 Å². The predicted molar refractivity (Wildman–Crippen MR) is 85.2 cm³/mol. The Balaban J connectivity index is 2.09. The second-order valence-corrected chi connectivity index (χ2v) is 6.00. The summed E-state index contributed by atoms with van der Waals surface area (Å²) in [6.07, 6.45) is 1.16. The van der Waals surface area contributed by atoms with Crippen LogP contribution in [0.4, 0.5) is 4.39 Å². The van der Waals surface area contributed by atoms with Crippen molar-refractivity contribution in [1.82, 2.24) is 9.80 Å². The van der Waals surface area contributed by atoms with Gasteiger partial charge in [0.25, 0.3) is 5.91 Å². The summed E-state index contributed by atoms with van der Waals surface area (Å²) in [5, 5.41) is 9.56. The number of carboxylic acid groups (broad SMARTS) is 1. The van der Waals surface area contributed by atoms with Crippen molar-refractivity contribution in [3.05, 3.63) is 34.6 Å². The molecule has 0 aliphatic carbocycles. The number of hydrogen-bond acceptors (Lipinski definition) is 3. The van der Waals surface area contributed by atoms with Crippen molar-refractivity contribution in [2.45, 2.75) is 25.8 Å². The summed E-state index contributed by atoms with van der Waals surface area (Å²) in [5.74, 6) is -1.86. The Bertz CT molecular complexity index is 597. The SMILES string of the molecule is CCC(C(=O)O)N1CCCN(C(=O)c2cc(Cl)ccc2F)CC1. The number of carbonyl (C=O) groups is 2. The first-order chi connectivity index (χ1) is 10.9. The van der Waals surface area contributed by atoms with Crippen molar-refractivity contribution in [2.24, 2.45) is 0 Å². The van der Waals surface area contributed by atoms with E-state index in [-0.39, 0.29) is 5.56 Å². The number of halogens is 2. The van der Waals surface area contributed by atoms with Crippen molar-refractivity contribution in [3.8, 4) is 0 Å². The zero-order valence-electron chi connectivity index (χ0n) is 13.0. The molecule has 1 atom stereocenters. The maximum atomic E-state index is 13.8. The number of aliphatic carboxylic acids is 1. The maximum Gasteiger partial charge on any atom is 0.320 e. The zero-order chi connectivity index (χ0) is 17.0. The summed E-state index contributed by atoms with van der Waals surface area (Å²) in [6.45, 7) is 3.73. The quantitative estimate of drug-likeness (QED) is 0.913. The van der Waals surface area contributed by atoms with Crippen LogP contribution in [0.15, 0.2) is 18.2 Å². The molecule has 1 saturated heterocycles. The second kappa shape index (κ2) is 7.75. The third-order valence-corrected chi connectivity index (χ3v) is 4.32. The van der Waals surface area contributed by atoms with Gasteiger partial charge < -0.3 is 10.0 Å². The van der Waals surface area contributed by atoms with E-state index >= 15 is 0 Å². The molecule has 7 heteroatoms. The number of carbonyl (C=O) groups excluding carboxylic acids is 1. The second-order valence-electron chi connectivity index (χ2n) is 5.57. The maximum absolute atomic E-state index is 13.8. The highest BCUT2D eigenvalue weighted by Crippen LogP contribution is 2.18. The van der Waals surface area contributed by atoms with E-state index in [1.807, 2.05) is 11.8 Å². The number of nitrogens with zero attached hydrogens (tertiary/aromatic N) is 2. The van der Waals surface area contributed by atoms with Gasteiger partial charge >= 0.3 is 5.97 Å². The van der Waals surface area contributed by atoms with Gasteiger partial charge in [-0.05, 0) is 31.0 Å². The fraction of sp³-hybridized carbons (Fsp3) is 0.500. The van der Waals surface area contributed by atoms with Gasteiger partial charge in [-0.3, -0.25) is 14.5 Å². The Morgan fingerprint density at radius 3 is 2.70 bits per heavy atom. The van der Waals surface area contributed by atoms with Crippen LogP contribution in [0, 0.1) is 5.82 Å². The molecule has 1 N–H and O–H groups in total. The molecule has 1 aliphatic heterocycles. The summed E-state index contributed by atoms with van der Waals surface area (Å²) in [5.41, 5.74) is -0.0452.